The molecule has 3 aromatic rings. The fourth-order valence-corrected chi connectivity index (χ4v) is 3.06. The van der Waals surface area contributed by atoms with Gasteiger partial charge in [0.15, 0.2) is 17.4 Å². The van der Waals surface area contributed by atoms with Crippen LogP contribution in [0.3, 0.4) is 0 Å². The fraction of sp³-hybridized carbons (Fsp3) is 0.300. The number of pyridine rings is 1. The zero-order valence-electron chi connectivity index (χ0n) is 15.6. The van der Waals surface area contributed by atoms with Gasteiger partial charge in [0.25, 0.3) is 0 Å². The summed E-state index contributed by atoms with van der Waals surface area (Å²) in [5.41, 5.74) is 3.73. The highest BCUT2D eigenvalue weighted by Crippen LogP contribution is 2.39. The normalized spacial score (nSPS) is 13.4. The van der Waals surface area contributed by atoms with Crippen LogP contribution in [0.15, 0.2) is 36.8 Å². The lowest BCUT2D eigenvalue weighted by molar-refractivity contribution is 0.0968. The number of methoxy groups -OCH3 is 1. The van der Waals surface area contributed by atoms with E-state index < -0.39 is 0 Å². The zero-order valence-corrected chi connectivity index (χ0v) is 15.6. The third-order valence-corrected chi connectivity index (χ3v) is 4.58. The van der Waals surface area contributed by atoms with E-state index in [9.17, 15) is 4.79 Å². The number of ether oxygens (including phenoxy) is 1. The summed E-state index contributed by atoms with van der Waals surface area (Å²) in [5.74, 6) is 1.48. The van der Waals surface area contributed by atoms with Gasteiger partial charge in [0.05, 0.1) is 29.6 Å². The van der Waals surface area contributed by atoms with Gasteiger partial charge in [0, 0.05) is 24.9 Å². The second kappa shape index (κ2) is 6.83. The predicted molar refractivity (Wildman–Crippen MR) is 102 cm³/mol. The van der Waals surface area contributed by atoms with E-state index in [2.05, 4.69) is 20.4 Å². The molecule has 0 radical (unpaired) electrons. The van der Waals surface area contributed by atoms with Gasteiger partial charge in [0.1, 0.15) is 6.33 Å². The Morgan fingerprint density at radius 2 is 2.07 bits per heavy atom. The molecule has 0 aliphatic heterocycles. The van der Waals surface area contributed by atoms with Crippen molar-refractivity contribution in [3.05, 3.63) is 48.0 Å². The van der Waals surface area contributed by atoms with Gasteiger partial charge < -0.3 is 10.1 Å². The van der Waals surface area contributed by atoms with E-state index in [0.29, 0.717) is 17.1 Å². The zero-order chi connectivity index (χ0) is 19.0. The number of hydrogen-bond donors (Lipinski definition) is 1. The summed E-state index contributed by atoms with van der Waals surface area (Å²) in [7, 11) is 3.43. The Morgan fingerprint density at radius 3 is 2.74 bits per heavy atom. The quantitative estimate of drug-likeness (QED) is 0.675. The molecule has 0 spiro atoms. The minimum atomic E-state index is 0.126. The minimum Gasteiger partial charge on any atom is -0.494 e. The number of benzene rings is 1. The number of hydrogen-bond acceptors (Lipinski definition) is 6. The summed E-state index contributed by atoms with van der Waals surface area (Å²) in [5, 5.41) is 7.73. The van der Waals surface area contributed by atoms with Crippen molar-refractivity contribution in [2.24, 2.45) is 13.0 Å². The third kappa shape index (κ3) is 3.40. The average molecular weight is 363 g/mol. The van der Waals surface area contributed by atoms with Crippen LogP contribution in [0.2, 0.25) is 0 Å². The number of aryl methyl sites for hydroxylation is 2. The highest BCUT2D eigenvalue weighted by molar-refractivity contribution is 6.04. The topological polar surface area (TPSA) is 81.9 Å². The van der Waals surface area contributed by atoms with Crippen LogP contribution >= 0.6 is 0 Å². The molecule has 4 rings (SSSR count). The van der Waals surface area contributed by atoms with Crippen LogP contribution in [0.25, 0.3) is 11.4 Å². The molecule has 138 valence electrons. The molecule has 7 nitrogen and oxygen atoms in total. The van der Waals surface area contributed by atoms with E-state index in [-0.39, 0.29) is 11.7 Å². The molecule has 1 saturated carbocycles. The SMILES string of the molecule is COc1c(Nc2cc(C)ncc2C(=O)C2CC2)cccc1-c1ncn(C)n1. The van der Waals surface area contributed by atoms with Crippen molar-refractivity contribution in [2.75, 3.05) is 12.4 Å². The number of rotatable bonds is 6. The van der Waals surface area contributed by atoms with E-state index in [4.69, 9.17) is 4.74 Å². The monoisotopic (exact) mass is 363 g/mol. The largest absolute Gasteiger partial charge is 0.494 e. The van der Waals surface area contributed by atoms with Crippen molar-refractivity contribution in [3.63, 3.8) is 0 Å². The Balaban J connectivity index is 1.75. The van der Waals surface area contributed by atoms with E-state index >= 15 is 0 Å². The Kier molecular flexibility index (Phi) is 4.35. The van der Waals surface area contributed by atoms with E-state index in [0.717, 1.165) is 35.5 Å². The van der Waals surface area contributed by atoms with Crippen LogP contribution in [0, 0.1) is 12.8 Å². The lowest BCUT2D eigenvalue weighted by Gasteiger charge is -2.16. The summed E-state index contributed by atoms with van der Waals surface area (Å²) in [4.78, 5) is 21.3. The first kappa shape index (κ1) is 17.2. The van der Waals surface area contributed by atoms with E-state index in [1.807, 2.05) is 38.2 Å². The molecule has 2 heterocycles. The van der Waals surface area contributed by atoms with Gasteiger partial charge in [-0.1, -0.05) is 6.07 Å². The summed E-state index contributed by atoms with van der Waals surface area (Å²) in [6.45, 7) is 1.90. The number of carbonyl (C=O) groups excluding carboxylic acids is 1. The smallest absolute Gasteiger partial charge is 0.184 e. The molecular formula is C20H21N5O2. The van der Waals surface area contributed by atoms with Crippen molar-refractivity contribution in [1.82, 2.24) is 19.7 Å². The second-order valence-electron chi connectivity index (χ2n) is 6.76. The first-order chi connectivity index (χ1) is 13.1. The number of nitrogens with zero attached hydrogens (tertiary/aromatic N) is 4. The minimum absolute atomic E-state index is 0.126. The molecule has 0 bridgehead atoms. The average Bonchev–Trinajstić information content (AvgIpc) is 3.42. The molecule has 1 N–H and O–H groups in total. The molecule has 0 saturated heterocycles. The number of carbonyl (C=O) groups is 1. The molecule has 1 aliphatic carbocycles. The molecule has 1 fully saturated rings. The molecule has 0 unspecified atom stereocenters. The van der Waals surface area contributed by atoms with Crippen molar-refractivity contribution in [3.8, 4) is 17.1 Å². The number of anilines is 2. The second-order valence-corrected chi connectivity index (χ2v) is 6.76. The van der Waals surface area contributed by atoms with Gasteiger partial charge in [0.2, 0.25) is 0 Å². The molecule has 2 aromatic heterocycles. The Bertz CT molecular complexity index is 1010. The Labute approximate surface area is 157 Å². The van der Waals surface area contributed by atoms with Gasteiger partial charge >= 0.3 is 0 Å². The van der Waals surface area contributed by atoms with E-state index in [1.54, 1.807) is 24.3 Å². The van der Waals surface area contributed by atoms with Gasteiger partial charge in [-0.25, -0.2) is 4.98 Å². The van der Waals surface area contributed by atoms with E-state index in [1.165, 1.54) is 0 Å². The molecule has 0 amide bonds. The van der Waals surface area contributed by atoms with Gasteiger partial charge in [-0.3, -0.25) is 14.5 Å². The lowest BCUT2D eigenvalue weighted by atomic mass is 10.1. The van der Waals surface area contributed by atoms with Crippen molar-refractivity contribution >= 4 is 17.2 Å². The highest BCUT2D eigenvalue weighted by Gasteiger charge is 2.32. The van der Waals surface area contributed by atoms with Crippen LogP contribution in [-0.2, 0) is 7.05 Å². The Hall–Kier alpha value is -3.22. The molecule has 7 heteroatoms. The molecular weight excluding hydrogens is 342 g/mol. The standard InChI is InChI=1S/C20H21N5O2/c1-12-9-17(15(10-21-12)18(26)13-7-8-13)23-16-6-4-5-14(19(16)27-3)20-22-11-25(2)24-20/h4-6,9-11,13H,7-8H2,1-3H3,(H,21,23). The van der Waals surface area contributed by atoms with Crippen molar-refractivity contribution in [2.45, 2.75) is 19.8 Å². The number of ketones is 1. The fourth-order valence-electron chi connectivity index (χ4n) is 3.06. The summed E-state index contributed by atoms with van der Waals surface area (Å²) >= 11 is 0. The summed E-state index contributed by atoms with van der Waals surface area (Å²) < 4.78 is 7.30. The first-order valence-electron chi connectivity index (χ1n) is 8.87. The van der Waals surface area contributed by atoms with Crippen molar-refractivity contribution < 1.29 is 9.53 Å². The number of aromatic nitrogens is 4. The highest BCUT2D eigenvalue weighted by atomic mass is 16.5. The Morgan fingerprint density at radius 1 is 1.26 bits per heavy atom. The van der Waals surface area contributed by atoms with Gasteiger partial charge in [-0.2, -0.15) is 5.10 Å². The van der Waals surface area contributed by atoms with Crippen LogP contribution in [-0.4, -0.2) is 32.6 Å². The number of para-hydroxylation sites is 1. The lowest BCUT2D eigenvalue weighted by Crippen LogP contribution is -2.08. The maximum absolute atomic E-state index is 12.6. The maximum Gasteiger partial charge on any atom is 0.184 e. The van der Waals surface area contributed by atoms with Crippen molar-refractivity contribution in [1.29, 1.82) is 0 Å². The predicted octanol–water partition coefficient (Wildman–Crippen LogP) is 3.53. The van der Waals surface area contributed by atoms with Crippen LogP contribution in [0.1, 0.15) is 28.9 Å². The summed E-state index contributed by atoms with van der Waals surface area (Å²) in [6, 6.07) is 7.62. The third-order valence-electron chi connectivity index (χ3n) is 4.58. The van der Waals surface area contributed by atoms with Crippen LogP contribution in [0.5, 0.6) is 5.75 Å². The number of Topliss-reactive ketones (excluding diaryl/α,β-unsaturated/α-hetero) is 1. The first-order valence-corrected chi connectivity index (χ1v) is 8.87. The van der Waals surface area contributed by atoms with Crippen LogP contribution < -0.4 is 10.1 Å². The molecule has 0 atom stereocenters. The molecule has 1 aliphatic rings. The maximum atomic E-state index is 12.6. The number of nitrogens with one attached hydrogen (secondary N) is 1. The van der Waals surface area contributed by atoms with Crippen LogP contribution in [0.4, 0.5) is 11.4 Å². The van der Waals surface area contributed by atoms with Gasteiger partial charge in [-0.05, 0) is 38.0 Å². The molecule has 1 aromatic carbocycles. The molecule has 27 heavy (non-hydrogen) atoms. The summed E-state index contributed by atoms with van der Waals surface area (Å²) in [6.07, 6.45) is 5.22. The van der Waals surface area contributed by atoms with Gasteiger partial charge in [-0.15, -0.1) is 0 Å².